The van der Waals surface area contributed by atoms with E-state index in [2.05, 4.69) is 20.8 Å². The van der Waals surface area contributed by atoms with E-state index in [9.17, 15) is 4.79 Å². The summed E-state index contributed by atoms with van der Waals surface area (Å²) in [5.74, 6) is 0.0302. The minimum atomic E-state index is -0.454. The topological polar surface area (TPSA) is 79.0 Å². The largest absolute Gasteiger partial charge is 0.384 e. The monoisotopic (exact) mass is 350 g/mol. The zero-order valence-corrected chi connectivity index (χ0v) is 14.5. The molecule has 3 N–H and O–H groups in total. The summed E-state index contributed by atoms with van der Waals surface area (Å²) in [7, 11) is 1.65. The normalized spacial score (nSPS) is 16.2. The lowest BCUT2D eigenvalue weighted by molar-refractivity contribution is -0.130. The quantitative estimate of drug-likeness (QED) is 0.774. The highest BCUT2D eigenvalue weighted by molar-refractivity contribution is 5.96. The number of carbonyl (C=O) groups is 1. The summed E-state index contributed by atoms with van der Waals surface area (Å²) in [4.78, 5) is 12.8. The van der Waals surface area contributed by atoms with E-state index in [1.54, 1.807) is 13.3 Å². The van der Waals surface area contributed by atoms with E-state index < -0.39 is 5.41 Å². The van der Waals surface area contributed by atoms with Crippen molar-refractivity contribution in [3.63, 3.8) is 0 Å². The number of H-pyrrole nitrogens is 1. The fourth-order valence-corrected chi connectivity index (χ4v) is 3.06. The molecule has 24 heavy (non-hydrogen) atoms. The summed E-state index contributed by atoms with van der Waals surface area (Å²) in [6.07, 6.45) is 3.28. The Labute approximate surface area is 147 Å². The highest BCUT2D eigenvalue weighted by Gasteiger charge is 2.39. The van der Waals surface area contributed by atoms with Gasteiger partial charge in [-0.1, -0.05) is 12.1 Å². The van der Waals surface area contributed by atoms with Crippen molar-refractivity contribution in [1.82, 2.24) is 15.5 Å². The molecule has 1 amide bonds. The summed E-state index contributed by atoms with van der Waals surface area (Å²) in [6.45, 7) is 2.12. The summed E-state index contributed by atoms with van der Waals surface area (Å²) in [6, 6.07) is 9.67. The highest BCUT2D eigenvalue weighted by Crippen LogP contribution is 2.31. The maximum atomic E-state index is 12.8. The predicted octanol–water partition coefficient (Wildman–Crippen LogP) is 2.45. The second kappa shape index (κ2) is 8.28. The molecule has 0 aliphatic carbocycles. The summed E-state index contributed by atoms with van der Waals surface area (Å²) in [5.41, 5.74) is 2.25. The number of nitrogens with one attached hydrogen (secondary N) is 3. The Hall–Kier alpha value is -1.89. The molecule has 3 rings (SSSR count). The van der Waals surface area contributed by atoms with E-state index in [1.165, 1.54) is 0 Å². The number of aromatic amines is 1. The van der Waals surface area contributed by atoms with Gasteiger partial charge in [-0.15, -0.1) is 12.4 Å². The molecule has 2 aromatic rings. The molecule has 7 heteroatoms. The molecular weight excluding hydrogens is 328 g/mol. The van der Waals surface area contributed by atoms with Gasteiger partial charge < -0.3 is 15.4 Å². The molecule has 0 bridgehead atoms. The number of piperidine rings is 1. The highest BCUT2D eigenvalue weighted by atomic mass is 35.5. The summed E-state index contributed by atoms with van der Waals surface area (Å²) < 4.78 is 5.32. The van der Waals surface area contributed by atoms with Gasteiger partial charge in [0.25, 0.3) is 0 Å². The Morgan fingerprint density at radius 1 is 1.33 bits per heavy atom. The third-order valence-corrected chi connectivity index (χ3v) is 4.40. The number of benzene rings is 1. The van der Waals surface area contributed by atoms with Crippen molar-refractivity contribution < 1.29 is 9.53 Å². The van der Waals surface area contributed by atoms with E-state index in [0.717, 1.165) is 42.9 Å². The van der Waals surface area contributed by atoms with Gasteiger partial charge in [-0.3, -0.25) is 9.89 Å². The van der Waals surface area contributed by atoms with Crippen molar-refractivity contribution in [3.8, 4) is 11.3 Å². The second-order valence-corrected chi connectivity index (χ2v) is 5.97. The third kappa shape index (κ3) is 3.95. The van der Waals surface area contributed by atoms with Gasteiger partial charge in [0.15, 0.2) is 0 Å². The first-order valence-electron chi connectivity index (χ1n) is 7.84. The number of amides is 1. The lowest BCUT2D eigenvalue weighted by atomic mass is 9.78. The van der Waals surface area contributed by atoms with Gasteiger partial charge in [0.05, 0.1) is 17.7 Å². The molecule has 0 saturated carbocycles. The molecule has 130 valence electrons. The Morgan fingerprint density at radius 2 is 2.12 bits per heavy atom. The number of nitrogens with zero attached hydrogens (tertiary/aromatic N) is 1. The van der Waals surface area contributed by atoms with Crippen molar-refractivity contribution in [2.24, 2.45) is 5.41 Å². The van der Waals surface area contributed by atoms with Gasteiger partial charge in [0.2, 0.25) is 5.91 Å². The van der Waals surface area contributed by atoms with Gasteiger partial charge in [0.1, 0.15) is 0 Å². The second-order valence-electron chi connectivity index (χ2n) is 5.97. The molecule has 0 atom stereocenters. The molecule has 1 aromatic heterocycles. The number of carbonyl (C=O) groups excluding carboxylic acids is 1. The molecule has 0 spiro atoms. The average Bonchev–Trinajstić information content (AvgIpc) is 3.11. The van der Waals surface area contributed by atoms with Crippen LogP contribution in [-0.2, 0) is 9.53 Å². The minimum absolute atomic E-state index is 0. The molecule has 6 nitrogen and oxygen atoms in total. The first-order chi connectivity index (χ1) is 11.2. The molecule has 1 fully saturated rings. The van der Waals surface area contributed by atoms with Crippen LogP contribution in [0.3, 0.4) is 0 Å². The lowest BCUT2D eigenvalue weighted by Crippen LogP contribution is -2.47. The predicted molar refractivity (Wildman–Crippen MR) is 96.3 cm³/mol. The van der Waals surface area contributed by atoms with Crippen molar-refractivity contribution in [3.05, 3.63) is 36.5 Å². The van der Waals surface area contributed by atoms with E-state index in [4.69, 9.17) is 4.74 Å². The van der Waals surface area contributed by atoms with E-state index in [-0.39, 0.29) is 18.3 Å². The minimum Gasteiger partial charge on any atom is -0.384 e. The van der Waals surface area contributed by atoms with Crippen LogP contribution < -0.4 is 10.6 Å². The molecule has 2 heterocycles. The number of methoxy groups -OCH3 is 1. The van der Waals surface area contributed by atoms with Crippen molar-refractivity contribution in [2.45, 2.75) is 12.8 Å². The Kier molecular flexibility index (Phi) is 6.36. The van der Waals surface area contributed by atoms with E-state index >= 15 is 0 Å². The molecule has 1 aliphatic rings. The number of rotatable bonds is 5. The first-order valence-corrected chi connectivity index (χ1v) is 7.84. The maximum Gasteiger partial charge on any atom is 0.233 e. The fourth-order valence-electron chi connectivity index (χ4n) is 3.06. The zero-order valence-electron chi connectivity index (χ0n) is 13.7. The maximum absolute atomic E-state index is 12.8. The Bertz CT molecular complexity index is 649. The summed E-state index contributed by atoms with van der Waals surface area (Å²) >= 11 is 0. The van der Waals surface area contributed by atoms with Crippen LogP contribution in [0.1, 0.15) is 12.8 Å². The number of hydrogen-bond donors (Lipinski definition) is 3. The molecule has 1 aromatic carbocycles. The molecule has 1 aliphatic heterocycles. The molecule has 0 radical (unpaired) electrons. The van der Waals surface area contributed by atoms with Crippen LogP contribution in [-0.4, -0.2) is 42.9 Å². The van der Waals surface area contributed by atoms with Crippen LogP contribution in [0.2, 0.25) is 0 Å². The zero-order chi connectivity index (χ0) is 16.1. The SMILES string of the molecule is COCC1(C(=O)Nc2cccc(-c3ccn[nH]3)c2)CCNCC1.Cl. The van der Waals surface area contributed by atoms with Gasteiger partial charge in [-0.25, -0.2) is 0 Å². The molecule has 1 saturated heterocycles. The number of anilines is 1. The fraction of sp³-hybridized carbons (Fsp3) is 0.412. The number of ether oxygens (including phenoxy) is 1. The smallest absolute Gasteiger partial charge is 0.233 e. The molecular formula is C17H23ClN4O2. The van der Waals surface area contributed by atoms with Crippen molar-refractivity contribution in [2.75, 3.05) is 32.1 Å². The van der Waals surface area contributed by atoms with Crippen LogP contribution in [0.4, 0.5) is 5.69 Å². The van der Waals surface area contributed by atoms with Crippen LogP contribution in [0.15, 0.2) is 36.5 Å². The van der Waals surface area contributed by atoms with Crippen LogP contribution in [0.5, 0.6) is 0 Å². The molecule has 0 unspecified atom stereocenters. The van der Waals surface area contributed by atoms with Crippen LogP contribution >= 0.6 is 12.4 Å². The number of aromatic nitrogens is 2. The van der Waals surface area contributed by atoms with Crippen LogP contribution in [0.25, 0.3) is 11.3 Å². The van der Waals surface area contributed by atoms with Crippen molar-refractivity contribution >= 4 is 24.0 Å². The third-order valence-electron chi connectivity index (χ3n) is 4.40. The Balaban J connectivity index is 0.00000208. The Morgan fingerprint density at radius 3 is 2.79 bits per heavy atom. The number of hydrogen-bond acceptors (Lipinski definition) is 4. The summed E-state index contributed by atoms with van der Waals surface area (Å²) in [5, 5.41) is 13.3. The van der Waals surface area contributed by atoms with E-state index in [1.807, 2.05) is 30.3 Å². The lowest BCUT2D eigenvalue weighted by Gasteiger charge is -2.35. The number of halogens is 1. The van der Waals surface area contributed by atoms with Gasteiger partial charge in [0, 0.05) is 24.6 Å². The first kappa shape index (κ1) is 18.4. The van der Waals surface area contributed by atoms with Gasteiger partial charge >= 0.3 is 0 Å². The average molecular weight is 351 g/mol. The van der Waals surface area contributed by atoms with E-state index in [0.29, 0.717) is 6.61 Å². The standard InChI is InChI=1S/C17H22N4O2.ClH/c1-23-12-17(6-9-18-10-7-17)16(22)20-14-4-2-3-13(11-14)15-5-8-19-21-15;/h2-5,8,11,18H,6-7,9-10,12H2,1H3,(H,19,21)(H,20,22);1H. The van der Waals surface area contributed by atoms with Crippen LogP contribution in [0, 0.1) is 5.41 Å². The van der Waals surface area contributed by atoms with Crippen molar-refractivity contribution in [1.29, 1.82) is 0 Å². The van der Waals surface area contributed by atoms with Gasteiger partial charge in [-0.05, 0) is 44.1 Å². The van der Waals surface area contributed by atoms with Gasteiger partial charge in [-0.2, -0.15) is 5.10 Å².